The number of nitrogens with one attached hydrogen (secondary N) is 2. The molecule has 3 aromatic carbocycles. The molecule has 1 amide bonds. The summed E-state index contributed by atoms with van der Waals surface area (Å²) in [5.74, 6) is -0.113. The van der Waals surface area contributed by atoms with Gasteiger partial charge in [0.15, 0.2) is 0 Å². The molecule has 0 aliphatic heterocycles. The minimum atomic E-state index is -0.708. The van der Waals surface area contributed by atoms with Gasteiger partial charge in [-0.05, 0) is 43.9 Å². The van der Waals surface area contributed by atoms with Crippen molar-refractivity contribution >= 4 is 5.91 Å². The van der Waals surface area contributed by atoms with E-state index < -0.39 is 6.10 Å². The second-order valence-electron chi connectivity index (χ2n) is 9.64. The number of carbonyl (C=O) groups excluding carboxylic acids is 1. The van der Waals surface area contributed by atoms with E-state index in [2.05, 4.69) is 55.7 Å². The Hall–Kier alpha value is -2.95. The minimum Gasteiger partial charge on any atom is -0.390 e. The number of rotatable bonds is 10. The Morgan fingerprint density at radius 1 is 0.818 bits per heavy atom. The van der Waals surface area contributed by atoms with Crippen LogP contribution in [0.1, 0.15) is 49.8 Å². The lowest BCUT2D eigenvalue weighted by Crippen LogP contribution is -2.51. The van der Waals surface area contributed by atoms with Gasteiger partial charge in [0.05, 0.1) is 12.1 Å². The standard InChI is InChI=1S/C29H36N2O2/c1-29(2,3)30-21-27(32)26(19-22-13-7-4-8-14-22)31-28(33)20-25(23-15-9-5-10-16-23)24-17-11-6-12-18-24/h4-18,25-27,30,32H,19-21H2,1-3H3,(H,31,33)/t26-,27-/m0/s1. The highest BCUT2D eigenvalue weighted by Gasteiger charge is 2.25. The molecule has 0 saturated heterocycles. The SMILES string of the molecule is CC(C)(C)NC[C@H](O)[C@H](Cc1ccccc1)NC(=O)CC(c1ccccc1)c1ccccc1. The topological polar surface area (TPSA) is 61.4 Å². The monoisotopic (exact) mass is 444 g/mol. The number of amides is 1. The van der Waals surface area contributed by atoms with Gasteiger partial charge < -0.3 is 15.7 Å². The van der Waals surface area contributed by atoms with Crippen LogP contribution in [0.3, 0.4) is 0 Å². The van der Waals surface area contributed by atoms with Crippen molar-refractivity contribution in [1.82, 2.24) is 10.6 Å². The summed E-state index contributed by atoms with van der Waals surface area (Å²) in [6.45, 7) is 6.60. The summed E-state index contributed by atoms with van der Waals surface area (Å²) in [6.07, 6.45) is 0.180. The minimum absolute atomic E-state index is 0.0466. The molecule has 0 bridgehead atoms. The molecule has 0 aliphatic rings. The van der Waals surface area contributed by atoms with Gasteiger partial charge in [0.25, 0.3) is 0 Å². The van der Waals surface area contributed by atoms with E-state index in [0.717, 1.165) is 16.7 Å². The second kappa shape index (κ2) is 11.8. The van der Waals surface area contributed by atoms with Gasteiger partial charge in [-0.15, -0.1) is 0 Å². The lowest BCUT2D eigenvalue weighted by molar-refractivity contribution is -0.122. The van der Waals surface area contributed by atoms with Crippen molar-refractivity contribution in [2.24, 2.45) is 0 Å². The Balaban J connectivity index is 1.76. The molecule has 33 heavy (non-hydrogen) atoms. The van der Waals surface area contributed by atoms with E-state index in [9.17, 15) is 9.90 Å². The lowest BCUT2D eigenvalue weighted by Gasteiger charge is -2.29. The summed E-state index contributed by atoms with van der Waals surface area (Å²) < 4.78 is 0. The Morgan fingerprint density at radius 2 is 1.30 bits per heavy atom. The van der Waals surface area contributed by atoms with Crippen LogP contribution in [0.2, 0.25) is 0 Å². The van der Waals surface area contributed by atoms with E-state index >= 15 is 0 Å². The fourth-order valence-corrected chi connectivity index (χ4v) is 3.95. The van der Waals surface area contributed by atoms with Gasteiger partial charge in [-0.1, -0.05) is 91.0 Å². The summed E-state index contributed by atoms with van der Waals surface area (Å²) in [5.41, 5.74) is 3.18. The summed E-state index contributed by atoms with van der Waals surface area (Å²) in [6, 6.07) is 29.8. The van der Waals surface area contributed by atoms with Crippen molar-refractivity contribution in [3.05, 3.63) is 108 Å². The van der Waals surface area contributed by atoms with Gasteiger partial charge in [-0.3, -0.25) is 4.79 Å². The average Bonchev–Trinajstić information content (AvgIpc) is 2.82. The third kappa shape index (κ3) is 8.16. The zero-order valence-corrected chi connectivity index (χ0v) is 19.9. The van der Waals surface area contributed by atoms with Gasteiger partial charge in [-0.2, -0.15) is 0 Å². The number of hydrogen-bond acceptors (Lipinski definition) is 3. The molecular weight excluding hydrogens is 408 g/mol. The first kappa shape index (κ1) is 24.7. The molecule has 0 saturated carbocycles. The molecule has 0 radical (unpaired) electrons. The molecule has 0 fully saturated rings. The average molecular weight is 445 g/mol. The Kier molecular flexibility index (Phi) is 8.81. The molecule has 3 aromatic rings. The number of β-amino-alcohol motifs (C(OH)–C–C–N with tert-alkyl or cyclic N) is 1. The van der Waals surface area contributed by atoms with Crippen LogP contribution in [0.25, 0.3) is 0 Å². The van der Waals surface area contributed by atoms with Crippen LogP contribution in [0, 0.1) is 0 Å². The van der Waals surface area contributed by atoms with Crippen molar-refractivity contribution in [3.8, 4) is 0 Å². The highest BCUT2D eigenvalue weighted by Crippen LogP contribution is 2.28. The summed E-state index contributed by atoms with van der Waals surface area (Å²) >= 11 is 0. The van der Waals surface area contributed by atoms with Gasteiger partial charge in [0.2, 0.25) is 5.91 Å². The lowest BCUT2D eigenvalue weighted by atomic mass is 9.88. The Labute approximate surface area is 198 Å². The fourth-order valence-electron chi connectivity index (χ4n) is 3.95. The Morgan fingerprint density at radius 3 is 1.79 bits per heavy atom. The predicted octanol–water partition coefficient (Wildman–Crippen LogP) is 4.69. The van der Waals surface area contributed by atoms with Crippen molar-refractivity contribution in [3.63, 3.8) is 0 Å². The maximum absolute atomic E-state index is 13.3. The highest BCUT2D eigenvalue weighted by molar-refractivity contribution is 5.78. The molecule has 3 N–H and O–H groups in total. The molecule has 0 unspecified atom stereocenters. The van der Waals surface area contributed by atoms with Crippen LogP contribution < -0.4 is 10.6 Å². The third-order valence-electron chi connectivity index (χ3n) is 5.74. The first-order chi connectivity index (χ1) is 15.8. The summed E-state index contributed by atoms with van der Waals surface area (Å²) in [7, 11) is 0. The molecule has 0 aliphatic carbocycles. The molecule has 4 heteroatoms. The van der Waals surface area contributed by atoms with E-state index in [1.54, 1.807) is 0 Å². The summed E-state index contributed by atoms with van der Waals surface area (Å²) in [4.78, 5) is 13.3. The van der Waals surface area contributed by atoms with Gasteiger partial charge in [0, 0.05) is 24.4 Å². The quantitative estimate of drug-likeness (QED) is 0.425. The fraction of sp³-hybridized carbons (Fsp3) is 0.345. The molecule has 0 heterocycles. The number of benzene rings is 3. The van der Waals surface area contributed by atoms with Crippen LogP contribution in [0.15, 0.2) is 91.0 Å². The number of aliphatic hydroxyl groups excluding tert-OH is 1. The summed E-state index contributed by atoms with van der Waals surface area (Å²) in [5, 5.41) is 17.5. The zero-order chi connectivity index (χ0) is 23.7. The molecule has 174 valence electrons. The van der Waals surface area contributed by atoms with Gasteiger partial charge in [-0.25, -0.2) is 0 Å². The molecule has 3 rings (SSSR count). The second-order valence-corrected chi connectivity index (χ2v) is 9.64. The van der Waals surface area contributed by atoms with E-state index in [-0.39, 0.29) is 23.4 Å². The van der Waals surface area contributed by atoms with Crippen LogP contribution in [0.4, 0.5) is 0 Å². The Bertz CT molecular complexity index is 929. The molecule has 0 spiro atoms. The van der Waals surface area contributed by atoms with Crippen LogP contribution in [0.5, 0.6) is 0 Å². The first-order valence-electron chi connectivity index (χ1n) is 11.7. The molecule has 4 nitrogen and oxygen atoms in total. The largest absolute Gasteiger partial charge is 0.390 e. The zero-order valence-electron chi connectivity index (χ0n) is 19.9. The van der Waals surface area contributed by atoms with Crippen molar-refractivity contribution in [2.75, 3.05) is 6.54 Å². The van der Waals surface area contributed by atoms with E-state index in [1.807, 2.05) is 66.7 Å². The maximum Gasteiger partial charge on any atom is 0.221 e. The van der Waals surface area contributed by atoms with Gasteiger partial charge >= 0.3 is 0 Å². The molecular formula is C29H36N2O2. The van der Waals surface area contributed by atoms with E-state index in [0.29, 0.717) is 19.4 Å². The third-order valence-corrected chi connectivity index (χ3v) is 5.74. The van der Waals surface area contributed by atoms with Crippen molar-refractivity contribution < 1.29 is 9.90 Å². The number of carbonyl (C=O) groups is 1. The normalized spacial score (nSPS) is 13.5. The smallest absolute Gasteiger partial charge is 0.221 e. The van der Waals surface area contributed by atoms with Gasteiger partial charge in [0.1, 0.15) is 0 Å². The van der Waals surface area contributed by atoms with Crippen LogP contribution in [-0.4, -0.2) is 35.2 Å². The molecule has 2 atom stereocenters. The highest BCUT2D eigenvalue weighted by atomic mass is 16.3. The van der Waals surface area contributed by atoms with E-state index in [1.165, 1.54) is 0 Å². The predicted molar refractivity (Wildman–Crippen MR) is 135 cm³/mol. The maximum atomic E-state index is 13.3. The van der Waals surface area contributed by atoms with Crippen molar-refractivity contribution in [2.45, 2.75) is 57.2 Å². The van der Waals surface area contributed by atoms with Crippen molar-refractivity contribution in [1.29, 1.82) is 0 Å². The number of hydrogen-bond donors (Lipinski definition) is 3. The van der Waals surface area contributed by atoms with Crippen LogP contribution in [-0.2, 0) is 11.2 Å². The first-order valence-corrected chi connectivity index (χ1v) is 11.7. The molecule has 0 aromatic heterocycles. The van der Waals surface area contributed by atoms with E-state index in [4.69, 9.17) is 0 Å². The number of aliphatic hydroxyl groups is 1. The van der Waals surface area contributed by atoms with Crippen LogP contribution >= 0.6 is 0 Å².